The van der Waals surface area contributed by atoms with Crippen LogP contribution in [-0.2, 0) is 6.18 Å². The highest BCUT2D eigenvalue weighted by molar-refractivity contribution is 6.30. The Bertz CT molecular complexity index is 1040. The highest BCUT2D eigenvalue weighted by Gasteiger charge is 2.32. The zero-order valence-corrected chi connectivity index (χ0v) is 16.5. The molecule has 1 aromatic heterocycles. The molecule has 0 atom stereocenters. The van der Waals surface area contributed by atoms with Crippen molar-refractivity contribution >= 4 is 23.1 Å². The van der Waals surface area contributed by atoms with Crippen molar-refractivity contribution in [1.29, 1.82) is 0 Å². The molecule has 2 N–H and O–H groups in total. The maximum Gasteiger partial charge on any atom is 0.416 e. The number of nitrogens with two attached hydrogens (primary N) is 1. The molecular formula is C21H18ClF3N4. The number of aromatic nitrogens is 1. The lowest BCUT2D eigenvalue weighted by Gasteiger charge is -2.16. The predicted octanol–water partition coefficient (Wildman–Crippen LogP) is 5.20. The molecule has 3 aromatic rings. The number of hydrazone groups is 1. The minimum absolute atomic E-state index is 0.206. The summed E-state index contributed by atoms with van der Waals surface area (Å²) in [5.41, 5.74) is 1.84. The molecule has 0 unspecified atom stereocenters. The number of rotatable bonds is 4. The van der Waals surface area contributed by atoms with Crippen LogP contribution in [0.4, 0.5) is 19.0 Å². The van der Waals surface area contributed by atoms with Gasteiger partial charge in [-0.15, -0.1) is 0 Å². The molecule has 0 fully saturated rings. The topological polar surface area (TPSA) is 54.5 Å². The van der Waals surface area contributed by atoms with E-state index in [-0.39, 0.29) is 11.5 Å². The molecule has 0 saturated carbocycles. The summed E-state index contributed by atoms with van der Waals surface area (Å²) in [6.45, 7) is 0. The maximum atomic E-state index is 13.4. The fourth-order valence-corrected chi connectivity index (χ4v) is 2.93. The average molecular weight is 419 g/mol. The van der Waals surface area contributed by atoms with Gasteiger partial charge >= 0.3 is 6.18 Å². The number of hydrogen-bond acceptors (Lipinski definition) is 4. The van der Waals surface area contributed by atoms with Crippen molar-refractivity contribution in [1.82, 2.24) is 4.98 Å². The van der Waals surface area contributed by atoms with E-state index in [1.807, 2.05) is 0 Å². The molecule has 0 spiro atoms. The summed E-state index contributed by atoms with van der Waals surface area (Å²) in [5, 5.41) is 4.43. The van der Waals surface area contributed by atoms with E-state index in [1.165, 1.54) is 4.90 Å². The molecule has 0 amide bonds. The summed E-state index contributed by atoms with van der Waals surface area (Å²) < 4.78 is 40.1. The van der Waals surface area contributed by atoms with Crippen LogP contribution in [-0.4, -0.2) is 24.8 Å². The Labute approximate surface area is 171 Å². The zero-order chi connectivity index (χ0) is 21.2. The molecule has 8 heteroatoms. The minimum atomic E-state index is -4.48. The Morgan fingerprint density at radius 3 is 2.28 bits per heavy atom. The number of nitrogens with zero attached hydrogens (tertiary/aromatic N) is 3. The van der Waals surface area contributed by atoms with E-state index in [0.717, 1.165) is 17.7 Å². The van der Waals surface area contributed by atoms with Gasteiger partial charge in [0.2, 0.25) is 0 Å². The summed E-state index contributed by atoms with van der Waals surface area (Å²) >= 11 is 5.93. The fraction of sp³-hybridized carbons (Fsp3) is 0.143. The van der Waals surface area contributed by atoms with Crippen molar-refractivity contribution in [3.63, 3.8) is 0 Å². The highest BCUT2D eigenvalue weighted by Crippen LogP contribution is 2.34. The van der Waals surface area contributed by atoms with Crippen molar-refractivity contribution in [2.24, 2.45) is 10.9 Å². The summed E-state index contributed by atoms with van der Waals surface area (Å²) in [4.78, 5) is 5.90. The van der Waals surface area contributed by atoms with Crippen LogP contribution in [0.1, 0.15) is 16.7 Å². The van der Waals surface area contributed by atoms with Crippen LogP contribution in [0.15, 0.2) is 65.8 Å². The molecule has 0 aliphatic heterocycles. The molecule has 0 aliphatic carbocycles. The molecule has 2 aromatic carbocycles. The van der Waals surface area contributed by atoms with Crippen molar-refractivity contribution < 1.29 is 13.2 Å². The second kappa shape index (κ2) is 8.13. The third-order valence-corrected chi connectivity index (χ3v) is 4.53. The predicted molar refractivity (Wildman–Crippen MR) is 110 cm³/mol. The lowest BCUT2D eigenvalue weighted by atomic mass is 9.99. The molecule has 0 radical (unpaired) electrons. The number of hydrogen-bond donors (Lipinski definition) is 1. The van der Waals surface area contributed by atoms with Crippen LogP contribution >= 0.6 is 11.6 Å². The maximum absolute atomic E-state index is 13.4. The zero-order valence-electron chi connectivity index (χ0n) is 15.7. The van der Waals surface area contributed by atoms with Gasteiger partial charge in [-0.2, -0.15) is 18.3 Å². The number of pyridine rings is 1. The van der Waals surface area contributed by atoms with Crippen LogP contribution in [0.25, 0.3) is 11.3 Å². The molecule has 0 saturated heterocycles. The third kappa shape index (κ3) is 4.68. The largest absolute Gasteiger partial charge is 0.416 e. The quantitative estimate of drug-likeness (QED) is 0.360. The smallest absolute Gasteiger partial charge is 0.363 e. The first-order valence-corrected chi connectivity index (χ1v) is 8.98. The van der Waals surface area contributed by atoms with E-state index in [0.29, 0.717) is 21.9 Å². The monoisotopic (exact) mass is 418 g/mol. The van der Waals surface area contributed by atoms with E-state index < -0.39 is 11.7 Å². The Morgan fingerprint density at radius 2 is 1.69 bits per heavy atom. The second-order valence-corrected chi connectivity index (χ2v) is 6.99. The van der Waals surface area contributed by atoms with Crippen LogP contribution in [0, 0.1) is 0 Å². The SMILES string of the molecule is CN(C)c1cc(C(F)(F)F)cc(-c2cccc(C(=NN)c3ccc(Cl)cc3)c2)n1. The number of alkyl halides is 3. The van der Waals surface area contributed by atoms with Crippen LogP contribution in [0.3, 0.4) is 0 Å². The van der Waals surface area contributed by atoms with E-state index in [9.17, 15) is 13.2 Å². The van der Waals surface area contributed by atoms with Gasteiger partial charge in [-0.25, -0.2) is 4.98 Å². The number of halogens is 4. The van der Waals surface area contributed by atoms with E-state index >= 15 is 0 Å². The Hall–Kier alpha value is -3.06. The van der Waals surface area contributed by atoms with Gasteiger partial charge in [0.15, 0.2) is 0 Å². The first-order chi connectivity index (χ1) is 13.7. The Morgan fingerprint density at radius 1 is 1.00 bits per heavy atom. The van der Waals surface area contributed by atoms with Gasteiger partial charge in [0.05, 0.1) is 17.0 Å². The van der Waals surface area contributed by atoms with E-state index in [4.69, 9.17) is 17.4 Å². The van der Waals surface area contributed by atoms with Crippen molar-refractivity contribution in [3.05, 3.63) is 82.4 Å². The molecule has 1 heterocycles. The molecule has 150 valence electrons. The molecule has 4 nitrogen and oxygen atoms in total. The number of benzene rings is 2. The molecular weight excluding hydrogens is 401 g/mol. The van der Waals surface area contributed by atoms with Crippen molar-refractivity contribution in [2.45, 2.75) is 6.18 Å². The summed E-state index contributed by atoms with van der Waals surface area (Å²) in [5.74, 6) is 5.81. The molecule has 0 bridgehead atoms. The van der Waals surface area contributed by atoms with Crippen molar-refractivity contribution in [3.8, 4) is 11.3 Å². The fourth-order valence-electron chi connectivity index (χ4n) is 2.81. The lowest BCUT2D eigenvalue weighted by molar-refractivity contribution is -0.137. The highest BCUT2D eigenvalue weighted by atomic mass is 35.5. The van der Waals surface area contributed by atoms with Gasteiger partial charge in [0.1, 0.15) is 5.82 Å². The minimum Gasteiger partial charge on any atom is -0.363 e. The Balaban J connectivity index is 2.10. The van der Waals surface area contributed by atoms with E-state index in [2.05, 4.69) is 10.1 Å². The molecule has 0 aliphatic rings. The first-order valence-electron chi connectivity index (χ1n) is 8.60. The van der Waals surface area contributed by atoms with Gasteiger partial charge in [-0.05, 0) is 30.3 Å². The summed E-state index contributed by atoms with van der Waals surface area (Å²) in [6.07, 6.45) is -4.48. The average Bonchev–Trinajstić information content (AvgIpc) is 2.69. The van der Waals surface area contributed by atoms with Gasteiger partial charge in [-0.3, -0.25) is 0 Å². The van der Waals surface area contributed by atoms with Crippen molar-refractivity contribution in [2.75, 3.05) is 19.0 Å². The Kier molecular flexibility index (Phi) is 5.79. The molecule has 29 heavy (non-hydrogen) atoms. The molecule has 3 rings (SSSR count). The van der Waals surface area contributed by atoms with Gasteiger partial charge in [0.25, 0.3) is 0 Å². The van der Waals surface area contributed by atoms with Crippen LogP contribution < -0.4 is 10.7 Å². The van der Waals surface area contributed by atoms with Gasteiger partial charge in [-0.1, -0.05) is 41.9 Å². The standard InChI is InChI=1S/C21H18ClF3N4/c1-29(2)19-12-16(21(23,24)25)11-18(27-19)14-4-3-5-15(10-14)20(28-26)13-6-8-17(22)9-7-13/h3-12H,26H2,1-2H3. The number of anilines is 1. The van der Waals surface area contributed by atoms with Crippen LogP contribution in [0.5, 0.6) is 0 Å². The van der Waals surface area contributed by atoms with E-state index in [1.54, 1.807) is 62.6 Å². The lowest BCUT2D eigenvalue weighted by Crippen LogP contribution is -2.14. The third-order valence-electron chi connectivity index (χ3n) is 4.28. The summed E-state index contributed by atoms with van der Waals surface area (Å²) in [7, 11) is 3.28. The van der Waals surface area contributed by atoms with Gasteiger partial charge in [0, 0.05) is 35.8 Å². The van der Waals surface area contributed by atoms with Crippen LogP contribution in [0.2, 0.25) is 5.02 Å². The second-order valence-electron chi connectivity index (χ2n) is 6.56. The normalized spacial score (nSPS) is 12.1. The summed E-state index contributed by atoms with van der Waals surface area (Å²) in [6, 6.07) is 15.9. The van der Waals surface area contributed by atoms with Gasteiger partial charge < -0.3 is 10.7 Å². The first kappa shape index (κ1) is 20.7.